The molecule has 3 fully saturated rings. The molecule has 0 spiro atoms. The molecule has 3 aliphatic rings. The number of aliphatic hydroxyl groups is 2. The summed E-state index contributed by atoms with van der Waals surface area (Å²) in [5.41, 5.74) is 0.752. The van der Waals surface area contributed by atoms with E-state index in [0.717, 1.165) is 18.1 Å². The van der Waals surface area contributed by atoms with E-state index in [1.54, 1.807) is 0 Å². The highest BCUT2D eigenvalue weighted by Crippen LogP contribution is 2.42. The third-order valence-corrected chi connectivity index (χ3v) is 6.47. The van der Waals surface area contributed by atoms with Gasteiger partial charge in [-0.1, -0.05) is 12.1 Å². The minimum atomic E-state index is -0.852. The predicted octanol–water partition coefficient (Wildman–Crippen LogP) is -0.728. The number of carbonyl (C=O) groups excluding carboxylic acids is 1. The van der Waals surface area contributed by atoms with Crippen molar-refractivity contribution in [2.45, 2.75) is 26.1 Å². The van der Waals surface area contributed by atoms with E-state index in [2.05, 4.69) is 20.5 Å². The second-order valence-corrected chi connectivity index (χ2v) is 7.84. The van der Waals surface area contributed by atoms with Gasteiger partial charge in [-0.2, -0.15) is 0 Å². The molecule has 3 N–H and O–H groups in total. The maximum Gasteiger partial charge on any atom is 0.226 e. The van der Waals surface area contributed by atoms with E-state index in [9.17, 15) is 15.0 Å². The normalized spacial score (nSPS) is 36.3. The molecule has 1 aromatic heterocycles. The fourth-order valence-electron chi connectivity index (χ4n) is 4.92. The average molecular weight is 402 g/mol. The number of fused-ring (bicyclic) bond motifs is 1. The maximum absolute atomic E-state index is 13.3. The third-order valence-electron chi connectivity index (χ3n) is 6.47. The van der Waals surface area contributed by atoms with Gasteiger partial charge < -0.3 is 25.3 Å². The monoisotopic (exact) mass is 401 g/mol. The Labute approximate surface area is 164 Å². The zero-order valence-electron chi connectivity index (χ0n) is 15.6. The summed E-state index contributed by atoms with van der Waals surface area (Å²) in [6.07, 6.45) is -1.61. The lowest BCUT2D eigenvalue weighted by atomic mass is 9.65. The average Bonchev–Trinajstić information content (AvgIpc) is 3.29. The predicted molar refractivity (Wildman–Crippen MR) is 99.6 cm³/mol. The van der Waals surface area contributed by atoms with Crippen molar-refractivity contribution in [2.75, 3.05) is 44.2 Å². The molecular weight excluding hydrogens is 374 g/mol. The summed E-state index contributed by atoms with van der Waals surface area (Å²) in [6.45, 7) is 7.69. The summed E-state index contributed by atoms with van der Waals surface area (Å²) >= 11 is 0. The fourth-order valence-corrected chi connectivity index (χ4v) is 4.92. The molecule has 4 rings (SSSR count). The Morgan fingerprint density at radius 1 is 1.11 bits per heavy atom. The Balaban J connectivity index is 0.00000210. The SMILES string of the molecule is Cc1nonc1N1CCN(C(=O)[C@H]2[C@@H](C)[C@H](O)[C@@H](O)[C@H]3CNC[C@@H]32)CC1.Cl. The number of piperazine rings is 1. The van der Waals surface area contributed by atoms with Crippen LogP contribution in [0, 0.1) is 30.6 Å². The van der Waals surface area contributed by atoms with Crippen LogP contribution >= 0.6 is 12.4 Å². The summed E-state index contributed by atoms with van der Waals surface area (Å²) in [6, 6.07) is 0. The molecule has 2 aliphatic heterocycles. The van der Waals surface area contributed by atoms with Crippen molar-refractivity contribution in [3.05, 3.63) is 5.69 Å². The van der Waals surface area contributed by atoms with Crippen LogP contribution in [0.1, 0.15) is 12.6 Å². The molecule has 1 saturated carbocycles. The van der Waals surface area contributed by atoms with Crippen LogP contribution in [0.2, 0.25) is 0 Å². The molecule has 3 heterocycles. The number of carbonyl (C=O) groups is 1. The number of anilines is 1. The molecule has 1 amide bonds. The lowest BCUT2D eigenvalue weighted by Gasteiger charge is -2.46. The highest BCUT2D eigenvalue weighted by molar-refractivity contribution is 5.85. The quantitative estimate of drug-likeness (QED) is 0.594. The summed E-state index contributed by atoms with van der Waals surface area (Å²) in [5, 5.41) is 31.8. The highest BCUT2D eigenvalue weighted by atomic mass is 35.5. The summed E-state index contributed by atoms with van der Waals surface area (Å²) in [7, 11) is 0. The van der Waals surface area contributed by atoms with E-state index in [0.29, 0.717) is 32.7 Å². The largest absolute Gasteiger partial charge is 0.390 e. The molecule has 9 nitrogen and oxygen atoms in total. The minimum absolute atomic E-state index is 0. The molecule has 0 bridgehead atoms. The number of nitrogens with zero attached hydrogens (tertiary/aromatic N) is 4. The van der Waals surface area contributed by atoms with E-state index >= 15 is 0 Å². The zero-order chi connectivity index (χ0) is 18.4. The molecule has 1 aliphatic carbocycles. The fraction of sp³-hybridized carbons (Fsp3) is 0.824. The number of aryl methyl sites for hydroxylation is 1. The van der Waals surface area contributed by atoms with Crippen LogP contribution in [0.4, 0.5) is 5.82 Å². The van der Waals surface area contributed by atoms with Crippen molar-refractivity contribution in [1.29, 1.82) is 0 Å². The van der Waals surface area contributed by atoms with Crippen LogP contribution in [0.5, 0.6) is 0 Å². The van der Waals surface area contributed by atoms with Gasteiger partial charge in [0.1, 0.15) is 5.69 Å². The summed E-state index contributed by atoms with van der Waals surface area (Å²) < 4.78 is 4.77. The molecule has 10 heteroatoms. The Bertz CT molecular complexity index is 666. The van der Waals surface area contributed by atoms with Crippen molar-refractivity contribution < 1.29 is 19.6 Å². The van der Waals surface area contributed by atoms with Gasteiger partial charge in [0, 0.05) is 44.6 Å². The lowest BCUT2D eigenvalue weighted by Crippen LogP contribution is -2.58. The number of rotatable bonds is 2. The van der Waals surface area contributed by atoms with Gasteiger partial charge in [-0.05, 0) is 30.5 Å². The molecule has 152 valence electrons. The number of hydrogen-bond donors (Lipinski definition) is 3. The van der Waals surface area contributed by atoms with Gasteiger partial charge in [0.05, 0.1) is 12.2 Å². The first-order chi connectivity index (χ1) is 12.5. The number of halogens is 1. The van der Waals surface area contributed by atoms with Crippen molar-refractivity contribution in [3.63, 3.8) is 0 Å². The molecule has 0 radical (unpaired) electrons. The number of nitrogens with one attached hydrogen (secondary N) is 1. The maximum atomic E-state index is 13.3. The van der Waals surface area contributed by atoms with Gasteiger partial charge >= 0.3 is 0 Å². The van der Waals surface area contributed by atoms with E-state index in [-0.39, 0.29) is 42.0 Å². The molecular formula is C17H28ClN5O4. The first kappa shape index (κ1) is 20.3. The van der Waals surface area contributed by atoms with Gasteiger partial charge in [-0.25, -0.2) is 4.63 Å². The summed E-state index contributed by atoms with van der Waals surface area (Å²) in [5.74, 6) is 0.351. The summed E-state index contributed by atoms with van der Waals surface area (Å²) in [4.78, 5) is 17.2. The Kier molecular flexibility index (Phi) is 5.95. The molecule has 2 saturated heterocycles. The van der Waals surface area contributed by atoms with Gasteiger partial charge in [0.2, 0.25) is 5.91 Å². The number of aliphatic hydroxyl groups excluding tert-OH is 2. The van der Waals surface area contributed by atoms with E-state index in [1.807, 2.05) is 18.7 Å². The Hall–Kier alpha value is -1.42. The highest BCUT2D eigenvalue weighted by Gasteiger charge is 2.53. The molecule has 6 atom stereocenters. The Morgan fingerprint density at radius 2 is 1.78 bits per heavy atom. The van der Waals surface area contributed by atoms with Crippen LogP contribution in [-0.2, 0) is 4.79 Å². The van der Waals surface area contributed by atoms with Crippen LogP contribution in [0.3, 0.4) is 0 Å². The minimum Gasteiger partial charge on any atom is -0.390 e. The van der Waals surface area contributed by atoms with Crippen molar-refractivity contribution in [1.82, 2.24) is 20.5 Å². The van der Waals surface area contributed by atoms with E-state index in [4.69, 9.17) is 4.63 Å². The Morgan fingerprint density at radius 3 is 2.41 bits per heavy atom. The molecule has 1 aromatic rings. The second kappa shape index (κ2) is 7.90. The first-order valence-corrected chi connectivity index (χ1v) is 9.38. The second-order valence-electron chi connectivity index (χ2n) is 7.84. The van der Waals surface area contributed by atoms with Crippen LogP contribution in [0.15, 0.2) is 4.63 Å². The van der Waals surface area contributed by atoms with Gasteiger partial charge in [0.25, 0.3) is 0 Å². The first-order valence-electron chi connectivity index (χ1n) is 9.38. The van der Waals surface area contributed by atoms with E-state index < -0.39 is 12.2 Å². The topological polar surface area (TPSA) is 115 Å². The standard InChI is InChI=1S/C17H27N5O4.ClH/c1-9-13(11-7-18-8-12(11)15(24)14(9)23)17(25)22-5-3-21(4-6-22)16-10(2)19-26-20-16;/h9,11-15,18,23-24H,3-8H2,1-2H3;1H/t9-,11+,12+,13+,14+,15+;/m1./s1. The molecule has 27 heavy (non-hydrogen) atoms. The number of aromatic nitrogens is 2. The van der Waals surface area contributed by atoms with Gasteiger partial charge in [-0.3, -0.25) is 4.79 Å². The molecule has 0 unspecified atom stereocenters. The van der Waals surface area contributed by atoms with Crippen LogP contribution < -0.4 is 10.2 Å². The zero-order valence-corrected chi connectivity index (χ0v) is 16.4. The van der Waals surface area contributed by atoms with Gasteiger partial charge in [-0.15, -0.1) is 12.4 Å². The van der Waals surface area contributed by atoms with Crippen molar-refractivity contribution in [2.24, 2.45) is 23.7 Å². The van der Waals surface area contributed by atoms with Crippen LogP contribution in [0.25, 0.3) is 0 Å². The van der Waals surface area contributed by atoms with E-state index in [1.165, 1.54) is 0 Å². The number of amides is 1. The van der Waals surface area contributed by atoms with Crippen molar-refractivity contribution >= 4 is 24.1 Å². The lowest BCUT2D eigenvalue weighted by molar-refractivity contribution is -0.155. The van der Waals surface area contributed by atoms with Crippen LogP contribution in [-0.4, -0.2) is 82.8 Å². The number of hydrogen-bond acceptors (Lipinski definition) is 8. The van der Waals surface area contributed by atoms with Gasteiger partial charge in [0.15, 0.2) is 5.82 Å². The smallest absolute Gasteiger partial charge is 0.226 e. The van der Waals surface area contributed by atoms with Crippen molar-refractivity contribution in [3.8, 4) is 0 Å². The third kappa shape index (κ3) is 3.41. The molecule has 0 aromatic carbocycles.